The van der Waals surface area contributed by atoms with Gasteiger partial charge in [-0.05, 0) is 72.3 Å². The highest BCUT2D eigenvalue weighted by molar-refractivity contribution is 5.68. The molecule has 4 heteroatoms. The number of hydrogen-bond acceptors (Lipinski definition) is 3. The maximum Gasteiger partial charge on any atom is 0.410 e. The predicted octanol–water partition coefficient (Wildman–Crippen LogP) is 3.72. The van der Waals surface area contributed by atoms with E-state index in [0.29, 0.717) is 6.04 Å². The summed E-state index contributed by atoms with van der Waals surface area (Å²) < 4.78 is 5.50. The second-order valence-electron chi connectivity index (χ2n) is 7.80. The van der Waals surface area contributed by atoms with Crippen LogP contribution in [-0.4, -0.2) is 41.8 Å². The Morgan fingerprint density at radius 1 is 1.32 bits per heavy atom. The van der Waals surface area contributed by atoms with E-state index in [0.717, 1.165) is 31.8 Å². The molecule has 0 aromatic rings. The van der Waals surface area contributed by atoms with Gasteiger partial charge in [-0.25, -0.2) is 4.79 Å². The van der Waals surface area contributed by atoms with Crippen molar-refractivity contribution in [2.45, 2.75) is 77.5 Å². The van der Waals surface area contributed by atoms with Gasteiger partial charge in [-0.15, -0.1) is 0 Å². The van der Waals surface area contributed by atoms with Crippen LogP contribution in [0.2, 0.25) is 0 Å². The molecule has 1 aliphatic heterocycles. The van der Waals surface area contributed by atoms with Gasteiger partial charge in [0.2, 0.25) is 0 Å². The smallest absolute Gasteiger partial charge is 0.410 e. The van der Waals surface area contributed by atoms with Crippen molar-refractivity contribution >= 4 is 6.09 Å². The zero-order chi connectivity index (χ0) is 16.2. The zero-order valence-electron chi connectivity index (χ0n) is 14.6. The van der Waals surface area contributed by atoms with Crippen molar-refractivity contribution in [3.63, 3.8) is 0 Å². The van der Waals surface area contributed by atoms with E-state index in [9.17, 15) is 4.79 Å². The van der Waals surface area contributed by atoms with Crippen molar-refractivity contribution in [1.29, 1.82) is 0 Å². The number of allylic oxidation sites excluding steroid dienone is 2. The number of nitrogens with one attached hydrogen (secondary N) is 1. The number of carbonyl (C=O) groups excluding carboxylic acids is 1. The fourth-order valence-electron chi connectivity index (χ4n) is 3.32. The van der Waals surface area contributed by atoms with Crippen molar-refractivity contribution in [1.82, 2.24) is 10.2 Å². The topological polar surface area (TPSA) is 41.6 Å². The van der Waals surface area contributed by atoms with Crippen molar-refractivity contribution in [2.75, 3.05) is 13.1 Å². The van der Waals surface area contributed by atoms with Crippen molar-refractivity contribution < 1.29 is 9.53 Å². The summed E-state index contributed by atoms with van der Waals surface area (Å²) in [6.07, 6.45) is 10.2. The van der Waals surface area contributed by atoms with E-state index in [4.69, 9.17) is 4.74 Å². The van der Waals surface area contributed by atoms with Gasteiger partial charge in [0.05, 0.1) is 0 Å². The van der Waals surface area contributed by atoms with Gasteiger partial charge >= 0.3 is 6.09 Å². The van der Waals surface area contributed by atoms with Gasteiger partial charge in [0.1, 0.15) is 5.60 Å². The molecule has 0 radical (unpaired) electrons. The maximum absolute atomic E-state index is 12.2. The molecule has 0 saturated carbocycles. The highest BCUT2D eigenvalue weighted by Gasteiger charge is 2.31. The number of likely N-dealkylation sites (tertiary alicyclic amines) is 1. The van der Waals surface area contributed by atoms with Crippen LogP contribution in [0.4, 0.5) is 4.79 Å². The molecule has 22 heavy (non-hydrogen) atoms. The minimum absolute atomic E-state index is 0.170. The van der Waals surface area contributed by atoms with Crippen LogP contribution < -0.4 is 5.32 Å². The summed E-state index contributed by atoms with van der Waals surface area (Å²) in [6, 6.07) is 0.770. The maximum atomic E-state index is 12.2. The lowest BCUT2D eigenvalue weighted by Gasteiger charge is -2.39. The van der Waals surface area contributed by atoms with Crippen LogP contribution in [-0.2, 0) is 4.74 Å². The van der Waals surface area contributed by atoms with Crippen LogP contribution in [0.1, 0.15) is 59.8 Å². The lowest BCUT2D eigenvalue weighted by molar-refractivity contribution is 0.00925. The minimum Gasteiger partial charge on any atom is -0.444 e. The van der Waals surface area contributed by atoms with Gasteiger partial charge < -0.3 is 15.0 Å². The molecule has 1 aliphatic carbocycles. The number of carbonyl (C=O) groups is 1. The molecule has 2 rings (SSSR count). The monoisotopic (exact) mass is 308 g/mol. The van der Waals surface area contributed by atoms with E-state index in [1.54, 1.807) is 0 Å². The number of nitrogens with zero attached hydrogens (tertiary/aromatic N) is 1. The molecule has 3 atom stereocenters. The average Bonchev–Trinajstić information content (AvgIpc) is 2.44. The van der Waals surface area contributed by atoms with Gasteiger partial charge in [0, 0.05) is 18.6 Å². The van der Waals surface area contributed by atoms with Crippen LogP contribution in [0.5, 0.6) is 0 Å². The average molecular weight is 308 g/mol. The molecule has 4 nitrogen and oxygen atoms in total. The van der Waals surface area contributed by atoms with Crippen LogP contribution in [0.3, 0.4) is 0 Å². The molecule has 126 valence electrons. The number of piperidine rings is 1. The molecule has 1 fully saturated rings. The van der Waals surface area contributed by atoms with Crippen LogP contribution in [0.15, 0.2) is 12.2 Å². The largest absolute Gasteiger partial charge is 0.444 e. The Labute approximate surface area is 135 Å². The van der Waals surface area contributed by atoms with Crippen molar-refractivity contribution in [2.24, 2.45) is 5.92 Å². The molecular formula is C18H32N2O2. The lowest BCUT2D eigenvalue weighted by atomic mass is 9.93. The predicted molar refractivity (Wildman–Crippen MR) is 89.9 cm³/mol. The van der Waals surface area contributed by atoms with Crippen LogP contribution in [0, 0.1) is 5.92 Å². The Balaban J connectivity index is 1.74. The minimum atomic E-state index is -0.416. The quantitative estimate of drug-likeness (QED) is 0.808. The first-order chi connectivity index (χ1) is 10.3. The van der Waals surface area contributed by atoms with E-state index in [1.807, 2.05) is 25.7 Å². The summed E-state index contributed by atoms with van der Waals surface area (Å²) in [5, 5.41) is 3.72. The van der Waals surface area contributed by atoms with Crippen molar-refractivity contribution in [3.05, 3.63) is 12.2 Å². The molecular weight excluding hydrogens is 276 g/mol. The van der Waals surface area contributed by atoms with Crippen LogP contribution in [0.25, 0.3) is 0 Å². The second-order valence-corrected chi connectivity index (χ2v) is 7.80. The van der Waals surface area contributed by atoms with Crippen molar-refractivity contribution in [3.8, 4) is 0 Å². The van der Waals surface area contributed by atoms with E-state index in [-0.39, 0.29) is 12.1 Å². The molecule has 1 amide bonds. The lowest BCUT2D eigenvalue weighted by Crippen LogP contribution is -2.51. The highest BCUT2D eigenvalue weighted by Crippen LogP contribution is 2.22. The Morgan fingerprint density at radius 3 is 2.68 bits per heavy atom. The summed E-state index contributed by atoms with van der Waals surface area (Å²) >= 11 is 0. The van der Waals surface area contributed by atoms with Gasteiger partial charge in [0.25, 0.3) is 0 Å². The highest BCUT2D eigenvalue weighted by atomic mass is 16.6. The summed E-state index contributed by atoms with van der Waals surface area (Å²) in [5.74, 6) is 0.782. The third-order valence-corrected chi connectivity index (χ3v) is 4.58. The first kappa shape index (κ1) is 17.3. The standard InChI is InChI=1S/C18H32N2O2/c1-14-12-16(19-13-15-8-6-5-7-9-15)10-11-20(14)17(21)22-18(2,3)4/h5-6,14-16,19H,7-13H2,1-4H3. The Bertz CT molecular complexity index is 400. The van der Waals surface area contributed by atoms with E-state index in [1.165, 1.54) is 19.3 Å². The second kappa shape index (κ2) is 7.49. The molecule has 2 aliphatic rings. The normalized spacial score (nSPS) is 29.5. The SMILES string of the molecule is CC1CC(NCC2CC=CCC2)CCN1C(=O)OC(C)(C)C. The third kappa shape index (κ3) is 5.31. The summed E-state index contributed by atoms with van der Waals surface area (Å²) in [5.41, 5.74) is -0.416. The third-order valence-electron chi connectivity index (χ3n) is 4.58. The Morgan fingerprint density at radius 2 is 2.09 bits per heavy atom. The number of rotatable bonds is 3. The number of amides is 1. The first-order valence-electron chi connectivity index (χ1n) is 8.73. The van der Waals surface area contributed by atoms with Gasteiger partial charge in [-0.1, -0.05) is 12.2 Å². The molecule has 0 aromatic carbocycles. The molecule has 1 heterocycles. The molecule has 0 aromatic heterocycles. The molecule has 1 saturated heterocycles. The summed E-state index contributed by atoms with van der Waals surface area (Å²) in [7, 11) is 0. The van der Waals surface area contributed by atoms with Gasteiger partial charge in [0.15, 0.2) is 0 Å². The zero-order valence-corrected chi connectivity index (χ0v) is 14.6. The first-order valence-corrected chi connectivity index (χ1v) is 8.73. The molecule has 0 bridgehead atoms. The van der Waals surface area contributed by atoms with E-state index >= 15 is 0 Å². The molecule has 0 spiro atoms. The van der Waals surface area contributed by atoms with Gasteiger partial charge in [-0.3, -0.25) is 0 Å². The van der Waals surface area contributed by atoms with Crippen LogP contribution >= 0.6 is 0 Å². The fourth-order valence-corrected chi connectivity index (χ4v) is 3.32. The number of hydrogen-bond donors (Lipinski definition) is 1. The number of ether oxygens (including phenoxy) is 1. The van der Waals surface area contributed by atoms with E-state index in [2.05, 4.69) is 24.4 Å². The Hall–Kier alpha value is -1.03. The summed E-state index contributed by atoms with van der Waals surface area (Å²) in [6.45, 7) is 9.78. The Kier molecular flexibility index (Phi) is 5.90. The molecule has 1 N–H and O–H groups in total. The molecule has 3 unspecified atom stereocenters. The fraction of sp³-hybridized carbons (Fsp3) is 0.833. The van der Waals surface area contributed by atoms with Gasteiger partial charge in [-0.2, -0.15) is 0 Å². The van der Waals surface area contributed by atoms with E-state index < -0.39 is 5.60 Å². The summed E-state index contributed by atoms with van der Waals surface area (Å²) in [4.78, 5) is 14.1.